The predicted octanol–water partition coefficient (Wildman–Crippen LogP) is 1.68. The zero-order valence-electron chi connectivity index (χ0n) is 12.4. The number of likely N-dealkylation sites (tertiary alicyclic amines) is 2. The molecule has 1 amide bonds. The quantitative estimate of drug-likeness (QED) is 0.334. The normalized spacial score (nSPS) is 19.4. The first-order chi connectivity index (χ1) is 9.31. The number of nitrogens with zero attached hydrogens (tertiary/aromatic N) is 3. The highest BCUT2D eigenvalue weighted by molar-refractivity contribution is 14.0. The van der Waals surface area contributed by atoms with Crippen molar-refractivity contribution in [1.82, 2.24) is 15.1 Å². The van der Waals surface area contributed by atoms with Crippen LogP contribution in [0, 0.1) is 0 Å². The molecule has 2 aliphatic rings. The number of hydrogen-bond acceptors (Lipinski definition) is 2. The number of halogens is 1. The summed E-state index contributed by atoms with van der Waals surface area (Å²) in [6.07, 6.45) is 5.27. The fourth-order valence-electron chi connectivity index (χ4n) is 2.74. The average molecular weight is 394 g/mol. The highest BCUT2D eigenvalue weighted by atomic mass is 127. The molecule has 5 nitrogen and oxygen atoms in total. The Morgan fingerprint density at radius 3 is 2.60 bits per heavy atom. The summed E-state index contributed by atoms with van der Waals surface area (Å²) >= 11 is 0. The lowest BCUT2D eigenvalue weighted by Gasteiger charge is -2.21. The van der Waals surface area contributed by atoms with Crippen LogP contribution in [0.25, 0.3) is 0 Å². The molecular formula is C14H27IN4O. The molecule has 0 saturated carbocycles. The van der Waals surface area contributed by atoms with Crippen molar-refractivity contribution in [1.29, 1.82) is 0 Å². The molecule has 1 N–H and O–H groups in total. The van der Waals surface area contributed by atoms with Crippen molar-refractivity contribution in [2.24, 2.45) is 4.99 Å². The van der Waals surface area contributed by atoms with E-state index in [0.717, 1.165) is 64.5 Å². The van der Waals surface area contributed by atoms with Crippen molar-refractivity contribution in [2.45, 2.75) is 39.0 Å². The zero-order valence-corrected chi connectivity index (χ0v) is 14.8. The number of carbonyl (C=O) groups excluding carboxylic acids is 1. The van der Waals surface area contributed by atoms with Gasteiger partial charge in [0.15, 0.2) is 5.96 Å². The van der Waals surface area contributed by atoms with Crippen molar-refractivity contribution < 1.29 is 4.79 Å². The number of hydrogen-bond donors (Lipinski definition) is 1. The molecule has 2 aliphatic heterocycles. The molecule has 0 spiro atoms. The zero-order chi connectivity index (χ0) is 13.5. The van der Waals surface area contributed by atoms with Crippen LogP contribution < -0.4 is 5.32 Å². The van der Waals surface area contributed by atoms with E-state index in [4.69, 9.17) is 0 Å². The molecule has 0 aromatic heterocycles. The number of amides is 1. The Balaban J connectivity index is 0.00000200. The maximum atomic E-state index is 11.5. The molecule has 0 radical (unpaired) electrons. The van der Waals surface area contributed by atoms with Crippen LogP contribution in [0.1, 0.15) is 39.0 Å². The summed E-state index contributed by atoms with van der Waals surface area (Å²) in [5.41, 5.74) is 0. The lowest BCUT2D eigenvalue weighted by atomic mass is 10.4. The molecule has 0 bridgehead atoms. The summed E-state index contributed by atoms with van der Waals surface area (Å²) in [6, 6.07) is 0. The van der Waals surface area contributed by atoms with Gasteiger partial charge in [0, 0.05) is 45.7 Å². The Kier molecular flexibility index (Phi) is 8.25. The Morgan fingerprint density at radius 1 is 1.25 bits per heavy atom. The molecule has 20 heavy (non-hydrogen) atoms. The van der Waals surface area contributed by atoms with Gasteiger partial charge in [0.05, 0.1) is 0 Å². The highest BCUT2D eigenvalue weighted by Gasteiger charge is 2.19. The standard InChI is InChI=1S/C14H26N4O.HI/c1-2-15-14(18-9-3-4-10-18)16-8-6-12-17-11-5-7-13(17)19;/h2-12H2,1H3,(H,15,16);1H. The molecule has 0 aromatic carbocycles. The second-order valence-corrected chi connectivity index (χ2v) is 5.27. The van der Waals surface area contributed by atoms with Gasteiger partial charge in [-0.3, -0.25) is 9.79 Å². The van der Waals surface area contributed by atoms with Crippen LogP contribution in [0.15, 0.2) is 4.99 Å². The van der Waals surface area contributed by atoms with Crippen LogP contribution >= 0.6 is 24.0 Å². The maximum absolute atomic E-state index is 11.5. The van der Waals surface area contributed by atoms with Crippen molar-refractivity contribution in [3.8, 4) is 0 Å². The molecule has 2 heterocycles. The number of guanidine groups is 1. The summed E-state index contributed by atoms with van der Waals surface area (Å²) in [5, 5.41) is 3.36. The van der Waals surface area contributed by atoms with Gasteiger partial charge in [0.2, 0.25) is 5.91 Å². The van der Waals surface area contributed by atoms with Gasteiger partial charge in [-0.2, -0.15) is 0 Å². The van der Waals surface area contributed by atoms with Gasteiger partial charge in [-0.15, -0.1) is 24.0 Å². The summed E-state index contributed by atoms with van der Waals surface area (Å²) in [7, 11) is 0. The summed E-state index contributed by atoms with van der Waals surface area (Å²) in [5.74, 6) is 1.36. The van der Waals surface area contributed by atoms with E-state index in [1.54, 1.807) is 0 Å². The summed E-state index contributed by atoms with van der Waals surface area (Å²) in [6.45, 7) is 7.88. The van der Waals surface area contributed by atoms with E-state index in [0.29, 0.717) is 5.91 Å². The smallest absolute Gasteiger partial charge is 0.222 e. The van der Waals surface area contributed by atoms with Gasteiger partial charge in [-0.1, -0.05) is 0 Å². The second-order valence-electron chi connectivity index (χ2n) is 5.27. The van der Waals surface area contributed by atoms with Gasteiger partial charge in [0.25, 0.3) is 0 Å². The molecule has 2 rings (SSSR count). The van der Waals surface area contributed by atoms with Crippen molar-refractivity contribution >= 4 is 35.8 Å². The number of rotatable bonds is 5. The number of nitrogens with one attached hydrogen (secondary N) is 1. The monoisotopic (exact) mass is 394 g/mol. The van der Waals surface area contributed by atoms with Crippen molar-refractivity contribution in [2.75, 3.05) is 39.3 Å². The molecule has 0 unspecified atom stereocenters. The first kappa shape index (κ1) is 17.5. The summed E-state index contributed by atoms with van der Waals surface area (Å²) in [4.78, 5) is 20.5. The van der Waals surface area contributed by atoms with Crippen molar-refractivity contribution in [3.05, 3.63) is 0 Å². The van der Waals surface area contributed by atoms with Crippen LogP contribution in [0.5, 0.6) is 0 Å². The SMILES string of the molecule is CCNC(=NCCCN1CCCC1=O)N1CCCC1.I. The second kappa shape index (κ2) is 9.41. The molecule has 0 aliphatic carbocycles. The van der Waals surface area contributed by atoms with Crippen molar-refractivity contribution in [3.63, 3.8) is 0 Å². The first-order valence-electron chi connectivity index (χ1n) is 7.62. The third kappa shape index (κ3) is 5.10. The van der Waals surface area contributed by atoms with Crippen LogP contribution in [0.4, 0.5) is 0 Å². The molecule has 6 heteroatoms. The van der Waals surface area contributed by atoms with Gasteiger partial charge >= 0.3 is 0 Å². The Bertz CT molecular complexity index is 329. The van der Waals surface area contributed by atoms with Crippen LogP contribution in [0.3, 0.4) is 0 Å². The molecule has 0 aromatic rings. The van der Waals surface area contributed by atoms with E-state index in [1.807, 2.05) is 4.90 Å². The molecule has 2 saturated heterocycles. The van der Waals surface area contributed by atoms with E-state index >= 15 is 0 Å². The average Bonchev–Trinajstić information content (AvgIpc) is 3.05. The van der Waals surface area contributed by atoms with Gasteiger partial charge in [-0.25, -0.2) is 0 Å². The lowest BCUT2D eigenvalue weighted by Crippen LogP contribution is -2.39. The van der Waals surface area contributed by atoms with E-state index in [2.05, 4.69) is 22.1 Å². The van der Waals surface area contributed by atoms with E-state index in [9.17, 15) is 4.79 Å². The Labute approximate surface area is 139 Å². The fourth-order valence-corrected chi connectivity index (χ4v) is 2.74. The Hall–Kier alpha value is -0.530. The largest absolute Gasteiger partial charge is 0.357 e. The third-order valence-electron chi connectivity index (χ3n) is 3.76. The minimum absolute atomic E-state index is 0. The van der Waals surface area contributed by atoms with Gasteiger partial charge in [-0.05, 0) is 32.6 Å². The van der Waals surface area contributed by atoms with Gasteiger partial charge in [0.1, 0.15) is 0 Å². The lowest BCUT2D eigenvalue weighted by molar-refractivity contribution is -0.127. The molecular weight excluding hydrogens is 367 g/mol. The first-order valence-corrected chi connectivity index (χ1v) is 7.62. The van der Waals surface area contributed by atoms with E-state index in [-0.39, 0.29) is 24.0 Å². The molecule has 2 fully saturated rings. The van der Waals surface area contributed by atoms with Crippen LogP contribution in [-0.2, 0) is 4.79 Å². The van der Waals surface area contributed by atoms with Crippen LogP contribution in [-0.4, -0.2) is 60.9 Å². The van der Waals surface area contributed by atoms with E-state index in [1.165, 1.54) is 12.8 Å². The predicted molar refractivity (Wildman–Crippen MR) is 92.6 cm³/mol. The molecule has 116 valence electrons. The number of aliphatic imine (C=N–C) groups is 1. The highest BCUT2D eigenvalue weighted by Crippen LogP contribution is 2.10. The Morgan fingerprint density at radius 2 is 2.00 bits per heavy atom. The molecule has 0 atom stereocenters. The fraction of sp³-hybridized carbons (Fsp3) is 0.857. The summed E-state index contributed by atoms with van der Waals surface area (Å²) < 4.78 is 0. The minimum Gasteiger partial charge on any atom is -0.357 e. The van der Waals surface area contributed by atoms with Gasteiger partial charge < -0.3 is 15.1 Å². The number of carbonyl (C=O) groups is 1. The minimum atomic E-state index is 0. The van der Waals surface area contributed by atoms with Crippen LogP contribution in [0.2, 0.25) is 0 Å². The third-order valence-corrected chi connectivity index (χ3v) is 3.76. The topological polar surface area (TPSA) is 47.9 Å². The maximum Gasteiger partial charge on any atom is 0.222 e. The van der Waals surface area contributed by atoms with E-state index < -0.39 is 0 Å².